The number of likely N-dealkylation sites (tertiary alicyclic amines) is 1. The fraction of sp³-hybridized carbons (Fsp3) is 0.600. The molecule has 0 bridgehead atoms. The van der Waals surface area contributed by atoms with Crippen LogP contribution < -0.4 is 5.32 Å². The van der Waals surface area contributed by atoms with Crippen LogP contribution in [-0.4, -0.2) is 31.1 Å². The third-order valence-corrected chi connectivity index (χ3v) is 4.86. The minimum Gasteiger partial charge on any atom is -0.317 e. The fourth-order valence-corrected chi connectivity index (χ4v) is 3.63. The molecule has 4 heteroatoms. The van der Waals surface area contributed by atoms with Crippen molar-refractivity contribution in [3.63, 3.8) is 0 Å². The minimum atomic E-state index is -0.332. The van der Waals surface area contributed by atoms with Crippen LogP contribution >= 0.6 is 11.6 Å². The summed E-state index contributed by atoms with van der Waals surface area (Å²) < 4.78 is 13.1. The summed E-state index contributed by atoms with van der Waals surface area (Å²) in [5.74, 6) is -0.332. The Morgan fingerprint density at radius 3 is 2.79 bits per heavy atom. The Labute approximate surface area is 118 Å². The molecule has 0 unspecified atom stereocenters. The average Bonchev–Trinajstić information content (AvgIpc) is 2.78. The Morgan fingerprint density at radius 2 is 2.05 bits per heavy atom. The highest BCUT2D eigenvalue weighted by molar-refractivity contribution is 6.30. The number of hydrogen-bond acceptors (Lipinski definition) is 2. The zero-order chi connectivity index (χ0) is 13.3. The van der Waals surface area contributed by atoms with Crippen molar-refractivity contribution in [2.45, 2.75) is 25.8 Å². The molecule has 3 rings (SSSR count). The molecule has 0 radical (unpaired) electrons. The molecule has 0 saturated carbocycles. The van der Waals surface area contributed by atoms with Crippen molar-refractivity contribution < 1.29 is 4.39 Å². The van der Waals surface area contributed by atoms with Crippen LogP contribution in [0.2, 0.25) is 5.02 Å². The summed E-state index contributed by atoms with van der Waals surface area (Å²) in [6.07, 6.45) is 3.87. The molecule has 2 aliphatic rings. The minimum absolute atomic E-state index is 0.230. The lowest BCUT2D eigenvalue weighted by Gasteiger charge is -2.33. The molecule has 19 heavy (non-hydrogen) atoms. The third kappa shape index (κ3) is 2.93. The van der Waals surface area contributed by atoms with E-state index in [0.29, 0.717) is 5.41 Å². The molecule has 2 aliphatic heterocycles. The normalized spacial score (nSPS) is 23.1. The molecule has 1 aromatic rings. The molecule has 1 N–H and O–H groups in total. The van der Waals surface area contributed by atoms with Gasteiger partial charge < -0.3 is 5.32 Å². The highest BCUT2D eigenvalue weighted by atomic mass is 35.5. The van der Waals surface area contributed by atoms with Gasteiger partial charge in [-0.3, -0.25) is 4.90 Å². The van der Waals surface area contributed by atoms with Gasteiger partial charge in [0.05, 0.1) is 5.02 Å². The van der Waals surface area contributed by atoms with E-state index in [9.17, 15) is 4.39 Å². The number of nitrogens with zero attached hydrogens (tertiary/aromatic N) is 1. The smallest absolute Gasteiger partial charge is 0.141 e. The summed E-state index contributed by atoms with van der Waals surface area (Å²) in [4.78, 5) is 2.48. The molecule has 0 aromatic heterocycles. The maximum Gasteiger partial charge on any atom is 0.141 e. The van der Waals surface area contributed by atoms with Crippen LogP contribution in [-0.2, 0) is 6.54 Å². The number of piperidine rings is 1. The summed E-state index contributed by atoms with van der Waals surface area (Å²) in [6, 6.07) is 5.06. The van der Waals surface area contributed by atoms with Gasteiger partial charge in [0.25, 0.3) is 0 Å². The second-order valence-electron chi connectivity index (χ2n) is 5.96. The number of rotatable bonds is 2. The van der Waals surface area contributed by atoms with Gasteiger partial charge in [-0.25, -0.2) is 4.39 Å². The molecular weight excluding hydrogens is 263 g/mol. The van der Waals surface area contributed by atoms with Gasteiger partial charge in [0.1, 0.15) is 5.82 Å². The Hall–Kier alpha value is -0.640. The van der Waals surface area contributed by atoms with Crippen molar-refractivity contribution in [3.05, 3.63) is 34.6 Å². The van der Waals surface area contributed by atoms with E-state index >= 15 is 0 Å². The molecule has 1 spiro atoms. The standard InChI is InChI=1S/C15H20ClFN2/c16-13-9-12(1-2-14(13)17)10-19-8-5-15(11-19)3-6-18-7-4-15/h1-2,9,18H,3-8,10-11H2. The molecule has 2 nitrogen and oxygen atoms in total. The molecule has 104 valence electrons. The molecule has 2 fully saturated rings. The van der Waals surface area contributed by atoms with E-state index < -0.39 is 0 Å². The van der Waals surface area contributed by atoms with Crippen molar-refractivity contribution in [1.82, 2.24) is 10.2 Å². The van der Waals surface area contributed by atoms with Crippen molar-refractivity contribution in [3.8, 4) is 0 Å². The van der Waals surface area contributed by atoms with Gasteiger partial charge in [0, 0.05) is 13.1 Å². The lowest BCUT2D eigenvalue weighted by molar-refractivity contribution is 0.194. The molecule has 1 aromatic carbocycles. The SMILES string of the molecule is Fc1ccc(CN2CCC3(CCNCC3)C2)cc1Cl. The van der Waals surface area contributed by atoms with Crippen molar-refractivity contribution in [2.24, 2.45) is 5.41 Å². The van der Waals surface area contributed by atoms with Gasteiger partial charge in [-0.05, 0) is 62.0 Å². The van der Waals surface area contributed by atoms with E-state index in [2.05, 4.69) is 10.2 Å². The van der Waals surface area contributed by atoms with Crippen molar-refractivity contribution in [2.75, 3.05) is 26.2 Å². The van der Waals surface area contributed by atoms with Crippen LogP contribution in [0.25, 0.3) is 0 Å². The Balaban J connectivity index is 1.63. The van der Waals surface area contributed by atoms with E-state index in [1.54, 1.807) is 6.07 Å². The van der Waals surface area contributed by atoms with Gasteiger partial charge in [-0.15, -0.1) is 0 Å². The van der Waals surface area contributed by atoms with Crippen molar-refractivity contribution >= 4 is 11.6 Å². The zero-order valence-electron chi connectivity index (χ0n) is 11.1. The van der Waals surface area contributed by atoms with Gasteiger partial charge in [0.15, 0.2) is 0 Å². The number of halogens is 2. The molecule has 2 saturated heterocycles. The van der Waals surface area contributed by atoms with Gasteiger partial charge in [0.2, 0.25) is 0 Å². The molecule has 0 aliphatic carbocycles. The number of nitrogens with one attached hydrogen (secondary N) is 1. The van der Waals surface area contributed by atoms with Gasteiger partial charge in [-0.2, -0.15) is 0 Å². The number of hydrogen-bond donors (Lipinski definition) is 1. The Bertz CT molecular complexity index is 457. The molecule has 0 atom stereocenters. The number of benzene rings is 1. The van der Waals surface area contributed by atoms with E-state index in [-0.39, 0.29) is 10.8 Å². The van der Waals surface area contributed by atoms with Gasteiger partial charge in [-0.1, -0.05) is 17.7 Å². The maximum absolute atomic E-state index is 13.1. The van der Waals surface area contributed by atoms with Crippen LogP contribution in [0.1, 0.15) is 24.8 Å². The first kappa shape index (κ1) is 13.3. The van der Waals surface area contributed by atoms with E-state index in [0.717, 1.165) is 31.7 Å². The quantitative estimate of drug-likeness (QED) is 0.897. The largest absolute Gasteiger partial charge is 0.317 e. The second-order valence-corrected chi connectivity index (χ2v) is 6.37. The summed E-state index contributed by atoms with van der Waals surface area (Å²) in [6.45, 7) is 5.50. The van der Waals surface area contributed by atoms with Crippen LogP contribution in [0.4, 0.5) is 4.39 Å². The lowest BCUT2D eigenvalue weighted by Crippen LogP contribution is -2.38. The maximum atomic E-state index is 13.1. The Morgan fingerprint density at radius 1 is 1.26 bits per heavy atom. The molecule has 2 heterocycles. The Kier molecular flexibility index (Phi) is 3.79. The fourth-order valence-electron chi connectivity index (χ4n) is 3.42. The van der Waals surface area contributed by atoms with E-state index in [1.807, 2.05) is 6.07 Å². The monoisotopic (exact) mass is 282 g/mol. The molecule has 0 amide bonds. The van der Waals surface area contributed by atoms with Crippen LogP contribution in [0.15, 0.2) is 18.2 Å². The topological polar surface area (TPSA) is 15.3 Å². The molecular formula is C15H20ClFN2. The summed E-state index contributed by atoms with van der Waals surface area (Å²) >= 11 is 5.84. The third-order valence-electron chi connectivity index (χ3n) is 4.57. The predicted molar refractivity (Wildman–Crippen MR) is 75.8 cm³/mol. The summed E-state index contributed by atoms with van der Waals surface area (Å²) in [5.41, 5.74) is 1.63. The first-order valence-electron chi connectivity index (χ1n) is 7.04. The summed E-state index contributed by atoms with van der Waals surface area (Å²) in [5, 5.41) is 3.67. The van der Waals surface area contributed by atoms with E-state index in [1.165, 1.54) is 31.9 Å². The average molecular weight is 283 g/mol. The first-order chi connectivity index (χ1) is 9.17. The lowest BCUT2D eigenvalue weighted by atomic mass is 9.78. The van der Waals surface area contributed by atoms with Crippen LogP contribution in [0.3, 0.4) is 0 Å². The van der Waals surface area contributed by atoms with Crippen molar-refractivity contribution in [1.29, 1.82) is 0 Å². The van der Waals surface area contributed by atoms with E-state index in [4.69, 9.17) is 11.6 Å². The second kappa shape index (κ2) is 5.39. The first-order valence-corrected chi connectivity index (χ1v) is 7.42. The van der Waals surface area contributed by atoms with Crippen LogP contribution in [0.5, 0.6) is 0 Å². The van der Waals surface area contributed by atoms with Gasteiger partial charge >= 0.3 is 0 Å². The van der Waals surface area contributed by atoms with Crippen LogP contribution in [0, 0.1) is 11.2 Å². The summed E-state index contributed by atoms with van der Waals surface area (Å²) in [7, 11) is 0. The highest BCUT2D eigenvalue weighted by Gasteiger charge is 2.38. The predicted octanol–water partition coefficient (Wildman–Crippen LogP) is 3.05. The highest BCUT2D eigenvalue weighted by Crippen LogP contribution is 2.39. The zero-order valence-corrected chi connectivity index (χ0v) is 11.8.